The van der Waals surface area contributed by atoms with Gasteiger partial charge < -0.3 is 4.57 Å². The van der Waals surface area contributed by atoms with Gasteiger partial charge in [-0.2, -0.15) is 4.31 Å². The van der Waals surface area contributed by atoms with Crippen LogP contribution in [0.25, 0.3) is 22.0 Å². The molecule has 0 fully saturated rings. The van der Waals surface area contributed by atoms with Crippen molar-refractivity contribution in [1.82, 2.24) is 8.87 Å². The molecule has 0 unspecified atom stereocenters. The molecule has 32 heavy (non-hydrogen) atoms. The molecule has 5 nitrogen and oxygen atoms in total. The highest BCUT2D eigenvalue weighted by atomic mass is 79.9. The van der Waals surface area contributed by atoms with E-state index in [1.165, 1.54) is 4.31 Å². The van der Waals surface area contributed by atoms with E-state index in [1.54, 1.807) is 23.5 Å². The lowest BCUT2D eigenvalue weighted by Gasteiger charge is -2.18. The number of rotatable bonds is 6. The minimum Gasteiger partial charge on any atom is -0.320 e. The molecule has 0 aliphatic rings. The van der Waals surface area contributed by atoms with Crippen molar-refractivity contribution in [1.29, 1.82) is 0 Å². The van der Waals surface area contributed by atoms with Crippen LogP contribution in [-0.4, -0.2) is 30.4 Å². The van der Waals surface area contributed by atoms with Crippen molar-refractivity contribution in [2.75, 3.05) is 13.1 Å². The maximum Gasteiger partial charge on any atom is 0.243 e. The second-order valence-electron chi connectivity index (χ2n) is 7.19. The number of sulfonamides is 1. The third-order valence-electron chi connectivity index (χ3n) is 5.40. The zero-order chi connectivity index (χ0) is 22.0. The molecule has 4 rings (SSSR count). The van der Waals surface area contributed by atoms with Crippen molar-refractivity contribution in [2.45, 2.75) is 18.7 Å². The van der Waals surface area contributed by atoms with E-state index in [4.69, 9.17) is 4.99 Å². The maximum atomic E-state index is 12.7. The minimum absolute atomic E-state index is 0. The maximum absolute atomic E-state index is 12.7. The highest BCUT2D eigenvalue weighted by molar-refractivity contribution is 8.93. The molecular formula is C24H26BrN3O2S2. The van der Waals surface area contributed by atoms with Crippen molar-refractivity contribution >= 4 is 54.8 Å². The molecule has 0 spiro atoms. The molecule has 4 aromatic rings. The van der Waals surface area contributed by atoms with Gasteiger partial charge in [-0.25, -0.2) is 13.4 Å². The molecule has 3 aromatic carbocycles. The van der Waals surface area contributed by atoms with Crippen LogP contribution in [0.5, 0.6) is 0 Å². The molecule has 0 saturated heterocycles. The van der Waals surface area contributed by atoms with Gasteiger partial charge in [0.1, 0.15) is 0 Å². The van der Waals surface area contributed by atoms with Crippen LogP contribution in [0.2, 0.25) is 0 Å². The Morgan fingerprint density at radius 1 is 0.938 bits per heavy atom. The van der Waals surface area contributed by atoms with Gasteiger partial charge in [-0.3, -0.25) is 0 Å². The SMILES string of the molecule is Br.CCN(CC)S(=O)(=O)c1ccc(-c2csc(=Nc3cccc4ccccc34)n2C)cc1. The lowest BCUT2D eigenvalue weighted by Crippen LogP contribution is -2.30. The monoisotopic (exact) mass is 531 g/mol. The van der Waals surface area contributed by atoms with E-state index in [2.05, 4.69) is 23.6 Å². The lowest BCUT2D eigenvalue weighted by molar-refractivity contribution is 0.445. The number of nitrogens with zero attached hydrogens (tertiary/aromatic N) is 3. The van der Waals surface area contributed by atoms with Gasteiger partial charge in [-0.05, 0) is 29.1 Å². The van der Waals surface area contributed by atoms with Gasteiger partial charge in [-0.15, -0.1) is 28.3 Å². The Hall–Kier alpha value is -2.26. The van der Waals surface area contributed by atoms with Gasteiger partial charge in [0.2, 0.25) is 10.0 Å². The summed E-state index contributed by atoms with van der Waals surface area (Å²) in [7, 11) is -1.47. The quantitative estimate of drug-likeness (QED) is 0.318. The van der Waals surface area contributed by atoms with Crippen molar-refractivity contribution in [2.24, 2.45) is 12.0 Å². The Morgan fingerprint density at radius 2 is 1.59 bits per heavy atom. The molecule has 0 N–H and O–H groups in total. The van der Waals surface area contributed by atoms with E-state index in [-0.39, 0.29) is 17.0 Å². The van der Waals surface area contributed by atoms with E-state index < -0.39 is 10.0 Å². The predicted octanol–water partition coefficient (Wildman–Crippen LogP) is 5.75. The number of fused-ring (bicyclic) bond motifs is 1. The molecule has 0 bridgehead atoms. The Kier molecular flexibility index (Phi) is 7.71. The Bertz CT molecular complexity index is 1380. The first-order valence-electron chi connectivity index (χ1n) is 10.2. The van der Waals surface area contributed by atoms with Crippen LogP contribution in [0.3, 0.4) is 0 Å². The van der Waals surface area contributed by atoms with Crippen molar-refractivity contribution in [3.8, 4) is 11.3 Å². The molecule has 0 aliphatic carbocycles. The molecule has 168 valence electrons. The highest BCUT2D eigenvalue weighted by Gasteiger charge is 2.21. The Labute approximate surface area is 203 Å². The summed E-state index contributed by atoms with van der Waals surface area (Å²) < 4.78 is 29.0. The summed E-state index contributed by atoms with van der Waals surface area (Å²) in [5.74, 6) is 0. The van der Waals surface area contributed by atoms with Gasteiger partial charge in [0.15, 0.2) is 4.80 Å². The van der Waals surface area contributed by atoms with Gasteiger partial charge >= 0.3 is 0 Å². The van der Waals surface area contributed by atoms with Gasteiger partial charge in [0.25, 0.3) is 0 Å². The predicted molar refractivity (Wildman–Crippen MR) is 138 cm³/mol. The minimum atomic E-state index is -3.46. The highest BCUT2D eigenvalue weighted by Crippen LogP contribution is 2.26. The van der Waals surface area contributed by atoms with Crippen molar-refractivity contribution < 1.29 is 8.42 Å². The molecule has 0 atom stereocenters. The molecule has 1 aromatic heterocycles. The molecule has 0 amide bonds. The molecule has 8 heteroatoms. The zero-order valence-electron chi connectivity index (χ0n) is 18.2. The fourth-order valence-electron chi connectivity index (χ4n) is 3.65. The molecule has 0 radical (unpaired) electrons. The second-order valence-corrected chi connectivity index (χ2v) is 9.96. The van der Waals surface area contributed by atoms with E-state index in [1.807, 2.05) is 61.9 Å². The van der Waals surface area contributed by atoms with Crippen LogP contribution >= 0.6 is 28.3 Å². The van der Waals surface area contributed by atoms with Crippen LogP contribution in [0.15, 0.2) is 82.0 Å². The first-order chi connectivity index (χ1) is 15.0. The topological polar surface area (TPSA) is 54.7 Å². The standard InChI is InChI=1S/C24H25N3O2S2.BrH/c1-4-27(5-2)31(28,29)20-15-13-19(14-16-20)23-17-30-24(26(23)3)25-22-12-8-10-18-9-6-7-11-21(18)22;/h6-17H,4-5H2,1-3H3;1H. The molecule has 0 saturated carbocycles. The number of hydrogen-bond donors (Lipinski definition) is 0. The number of thiazole rings is 1. The first-order valence-corrected chi connectivity index (χ1v) is 12.5. The largest absolute Gasteiger partial charge is 0.320 e. The normalized spacial score (nSPS) is 12.3. The number of hydrogen-bond acceptors (Lipinski definition) is 4. The third-order valence-corrected chi connectivity index (χ3v) is 8.38. The third kappa shape index (κ3) is 4.59. The summed E-state index contributed by atoms with van der Waals surface area (Å²) in [5, 5.41) is 4.33. The molecular weight excluding hydrogens is 506 g/mol. The number of halogens is 1. The molecule has 1 heterocycles. The van der Waals surface area contributed by atoms with Crippen LogP contribution in [0.4, 0.5) is 5.69 Å². The lowest BCUT2D eigenvalue weighted by atomic mass is 10.1. The van der Waals surface area contributed by atoms with E-state index in [0.717, 1.165) is 32.5 Å². The van der Waals surface area contributed by atoms with Crippen LogP contribution in [0.1, 0.15) is 13.8 Å². The first kappa shape index (κ1) is 24.4. The Balaban J connectivity index is 0.00000289. The smallest absolute Gasteiger partial charge is 0.243 e. The van der Waals surface area contributed by atoms with E-state index >= 15 is 0 Å². The van der Waals surface area contributed by atoms with Crippen LogP contribution < -0.4 is 4.80 Å². The second kappa shape index (κ2) is 10.1. The zero-order valence-corrected chi connectivity index (χ0v) is 21.6. The summed E-state index contributed by atoms with van der Waals surface area (Å²) >= 11 is 1.57. The fraction of sp³-hybridized carbons (Fsp3) is 0.208. The van der Waals surface area contributed by atoms with Crippen LogP contribution in [-0.2, 0) is 17.1 Å². The summed E-state index contributed by atoms with van der Waals surface area (Å²) in [5.41, 5.74) is 2.88. The average molecular weight is 533 g/mol. The van der Waals surface area contributed by atoms with Crippen LogP contribution in [0, 0.1) is 0 Å². The van der Waals surface area contributed by atoms with E-state index in [0.29, 0.717) is 18.0 Å². The summed E-state index contributed by atoms with van der Waals surface area (Å²) in [6, 6.07) is 21.4. The van der Waals surface area contributed by atoms with Crippen molar-refractivity contribution in [3.63, 3.8) is 0 Å². The fourth-order valence-corrected chi connectivity index (χ4v) is 6.03. The van der Waals surface area contributed by atoms with E-state index in [9.17, 15) is 8.42 Å². The average Bonchev–Trinajstić information content (AvgIpc) is 3.15. The van der Waals surface area contributed by atoms with Crippen molar-refractivity contribution in [3.05, 3.63) is 76.9 Å². The summed E-state index contributed by atoms with van der Waals surface area (Å²) in [4.78, 5) is 6.09. The van der Waals surface area contributed by atoms with Gasteiger partial charge in [0.05, 0.1) is 16.3 Å². The van der Waals surface area contributed by atoms with Gasteiger partial charge in [-0.1, -0.05) is 62.4 Å². The summed E-state index contributed by atoms with van der Waals surface area (Å²) in [6.45, 7) is 4.61. The summed E-state index contributed by atoms with van der Waals surface area (Å²) in [6.07, 6.45) is 0. The number of aromatic nitrogens is 1. The number of benzene rings is 3. The molecule has 0 aliphatic heterocycles. The van der Waals surface area contributed by atoms with Gasteiger partial charge in [0, 0.05) is 30.9 Å². The Morgan fingerprint density at radius 3 is 2.28 bits per heavy atom.